The Bertz CT molecular complexity index is 707. The molecule has 3 aromatic rings. The summed E-state index contributed by atoms with van der Waals surface area (Å²) in [5.41, 5.74) is 10.5. The molecule has 0 bridgehead atoms. The summed E-state index contributed by atoms with van der Waals surface area (Å²) in [6.07, 6.45) is 7.43. The first-order chi connectivity index (χ1) is 10.6. The zero-order valence-corrected chi connectivity index (χ0v) is 13.5. The molecule has 22 heavy (non-hydrogen) atoms. The van der Waals surface area contributed by atoms with Gasteiger partial charge in [-0.05, 0) is 96.5 Å². The Balaban J connectivity index is 2.31. The molecule has 2 nitrogen and oxygen atoms in total. The number of hydrogen-bond acceptors (Lipinski definition) is 2. The van der Waals surface area contributed by atoms with E-state index in [1.807, 2.05) is 24.8 Å². The van der Waals surface area contributed by atoms with Gasteiger partial charge in [-0.25, -0.2) is 0 Å². The van der Waals surface area contributed by atoms with Crippen LogP contribution in [0, 0.1) is 27.7 Å². The quantitative estimate of drug-likeness (QED) is 0.660. The van der Waals surface area contributed by atoms with Crippen LogP contribution in [0.15, 0.2) is 49.1 Å². The summed E-state index contributed by atoms with van der Waals surface area (Å²) in [6.45, 7) is 8.84. The molecule has 0 aliphatic heterocycles. The van der Waals surface area contributed by atoms with Crippen molar-refractivity contribution >= 4 is 0 Å². The minimum atomic E-state index is 1.23. The van der Waals surface area contributed by atoms with Gasteiger partial charge in [0, 0.05) is 24.8 Å². The highest BCUT2D eigenvalue weighted by atomic mass is 14.6. The van der Waals surface area contributed by atoms with Crippen molar-refractivity contribution in [3.8, 4) is 22.3 Å². The normalized spacial score (nSPS) is 10.7. The van der Waals surface area contributed by atoms with Gasteiger partial charge in [0.05, 0.1) is 0 Å². The summed E-state index contributed by atoms with van der Waals surface area (Å²) in [6, 6.07) is 8.33. The first-order valence-electron chi connectivity index (χ1n) is 7.52. The summed E-state index contributed by atoms with van der Waals surface area (Å²) in [5.74, 6) is 0. The van der Waals surface area contributed by atoms with E-state index in [0.717, 1.165) is 0 Å². The molecular weight excluding hydrogens is 268 g/mol. The molecule has 2 aromatic heterocycles. The van der Waals surface area contributed by atoms with Gasteiger partial charge in [0.25, 0.3) is 0 Å². The van der Waals surface area contributed by atoms with Gasteiger partial charge in [-0.1, -0.05) is 0 Å². The van der Waals surface area contributed by atoms with Crippen LogP contribution in [-0.2, 0) is 0 Å². The minimum Gasteiger partial charge on any atom is -0.265 e. The van der Waals surface area contributed by atoms with Crippen molar-refractivity contribution in [2.45, 2.75) is 27.7 Å². The third kappa shape index (κ3) is 2.31. The molecule has 0 spiro atoms. The highest BCUT2D eigenvalue weighted by molar-refractivity contribution is 5.82. The van der Waals surface area contributed by atoms with E-state index < -0.39 is 0 Å². The lowest BCUT2D eigenvalue weighted by molar-refractivity contribution is 1.23. The van der Waals surface area contributed by atoms with Crippen LogP contribution in [-0.4, -0.2) is 9.97 Å². The van der Waals surface area contributed by atoms with Crippen LogP contribution in [0.4, 0.5) is 0 Å². The predicted octanol–water partition coefficient (Wildman–Crippen LogP) is 5.04. The molecule has 3 rings (SSSR count). The van der Waals surface area contributed by atoms with E-state index in [1.165, 1.54) is 44.5 Å². The van der Waals surface area contributed by atoms with Gasteiger partial charge in [0.2, 0.25) is 0 Å². The lowest BCUT2D eigenvalue weighted by Gasteiger charge is -2.21. The zero-order chi connectivity index (χ0) is 15.7. The Hall–Kier alpha value is -2.48. The average molecular weight is 288 g/mol. The topological polar surface area (TPSA) is 25.8 Å². The summed E-state index contributed by atoms with van der Waals surface area (Å²) in [7, 11) is 0. The lowest BCUT2D eigenvalue weighted by Crippen LogP contribution is -2.00. The summed E-state index contributed by atoms with van der Waals surface area (Å²) >= 11 is 0. The van der Waals surface area contributed by atoms with Crippen molar-refractivity contribution in [3.63, 3.8) is 0 Å². The third-order valence-corrected chi connectivity index (χ3v) is 4.56. The molecule has 0 N–H and O–H groups in total. The van der Waals surface area contributed by atoms with Gasteiger partial charge in [-0.2, -0.15) is 0 Å². The van der Waals surface area contributed by atoms with E-state index in [1.54, 1.807) is 0 Å². The molecule has 0 saturated heterocycles. The monoisotopic (exact) mass is 288 g/mol. The Morgan fingerprint density at radius 1 is 0.500 bits per heavy atom. The second-order valence-electron chi connectivity index (χ2n) is 5.72. The predicted molar refractivity (Wildman–Crippen MR) is 91.9 cm³/mol. The van der Waals surface area contributed by atoms with Crippen LogP contribution in [0.25, 0.3) is 22.3 Å². The number of benzene rings is 1. The highest BCUT2D eigenvalue weighted by Crippen LogP contribution is 2.38. The van der Waals surface area contributed by atoms with Gasteiger partial charge < -0.3 is 0 Å². The number of pyridine rings is 2. The van der Waals surface area contributed by atoms with Crippen molar-refractivity contribution in [1.29, 1.82) is 0 Å². The second kappa shape index (κ2) is 5.72. The van der Waals surface area contributed by atoms with Crippen LogP contribution in [0.1, 0.15) is 22.3 Å². The van der Waals surface area contributed by atoms with E-state index >= 15 is 0 Å². The SMILES string of the molecule is Cc1c(C)c(-c2ccncc2)c(C)c(C)c1-c1ccncc1. The van der Waals surface area contributed by atoms with Crippen molar-refractivity contribution < 1.29 is 0 Å². The van der Waals surface area contributed by atoms with Crippen molar-refractivity contribution in [2.75, 3.05) is 0 Å². The van der Waals surface area contributed by atoms with E-state index in [2.05, 4.69) is 61.9 Å². The maximum Gasteiger partial charge on any atom is 0.0273 e. The molecule has 0 saturated carbocycles. The summed E-state index contributed by atoms with van der Waals surface area (Å²) in [5, 5.41) is 0. The molecule has 110 valence electrons. The Morgan fingerprint density at radius 3 is 1.05 bits per heavy atom. The summed E-state index contributed by atoms with van der Waals surface area (Å²) < 4.78 is 0. The average Bonchev–Trinajstić information content (AvgIpc) is 2.55. The van der Waals surface area contributed by atoms with Crippen LogP contribution in [0.5, 0.6) is 0 Å². The van der Waals surface area contributed by atoms with Crippen molar-refractivity contribution in [1.82, 2.24) is 9.97 Å². The second-order valence-corrected chi connectivity index (χ2v) is 5.72. The fourth-order valence-electron chi connectivity index (χ4n) is 3.22. The van der Waals surface area contributed by atoms with Crippen LogP contribution in [0.3, 0.4) is 0 Å². The largest absolute Gasteiger partial charge is 0.265 e. The molecule has 2 heteroatoms. The lowest BCUT2D eigenvalue weighted by atomic mass is 9.84. The van der Waals surface area contributed by atoms with Crippen LogP contribution < -0.4 is 0 Å². The fourth-order valence-corrected chi connectivity index (χ4v) is 3.22. The van der Waals surface area contributed by atoms with E-state index in [0.29, 0.717) is 0 Å². The molecular formula is C20H20N2. The zero-order valence-electron chi connectivity index (χ0n) is 13.5. The molecule has 0 aliphatic rings. The van der Waals surface area contributed by atoms with Gasteiger partial charge in [0.15, 0.2) is 0 Å². The van der Waals surface area contributed by atoms with Gasteiger partial charge >= 0.3 is 0 Å². The maximum absolute atomic E-state index is 4.13. The number of rotatable bonds is 2. The first-order valence-corrected chi connectivity index (χ1v) is 7.52. The van der Waals surface area contributed by atoms with E-state index in [4.69, 9.17) is 0 Å². The van der Waals surface area contributed by atoms with E-state index in [-0.39, 0.29) is 0 Å². The highest BCUT2D eigenvalue weighted by Gasteiger charge is 2.16. The first kappa shape index (κ1) is 14.5. The third-order valence-electron chi connectivity index (χ3n) is 4.56. The van der Waals surface area contributed by atoms with Crippen molar-refractivity contribution in [2.24, 2.45) is 0 Å². The molecule has 0 radical (unpaired) electrons. The standard InChI is InChI=1S/C20H20N2/c1-13-14(2)20(18-7-11-22-12-8-18)16(4)15(3)19(13)17-5-9-21-10-6-17/h5-12H,1-4H3. The Kier molecular flexibility index (Phi) is 3.76. The number of hydrogen-bond donors (Lipinski definition) is 0. The Morgan fingerprint density at radius 2 is 0.773 bits per heavy atom. The molecule has 2 heterocycles. The molecule has 0 amide bonds. The molecule has 1 aromatic carbocycles. The van der Waals surface area contributed by atoms with Crippen LogP contribution >= 0.6 is 0 Å². The maximum atomic E-state index is 4.13. The van der Waals surface area contributed by atoms with Crippen LogP contribution in [0.2, 0.25) is 0 Å². The molecule has 0 atom stereocenters. The Labute approximate surface area is 131 Å². The number of aromatic nitrogens is 2. The molecule has 0 aliphatic carbocycles. The summed E-state index contributed by atoms with van der Waals surface area (Å²) in [4.78, 5) is 8.27. The van der Waals surface area contributed by atoms with Gasteiger partial charge in [0.1, 0.15) is 0 Å². The molecule has 0 unspecified atom stereocenters. The molecule has 0 fully saturated rings. The fraction of sp³-hybridized carbons (Fsp3) is 0.200. The van der Waals surface area contributed by atoms with Crippen molar-refractivity contribution in [3.05, 3.63) is 71.3 Å². The minimum absolute atomic E-state index is 1.23. The van der Waals surface area contributed by atoms with Gasteiger partial charge in [-0.15, -0.1) is 0 Å². The smallest absolute Gasteiger partial charge is 0.0273 e. The van der Waals surface area contributed by atoms with E-state index in [9.17, 15) is 0 Å². The number of nitrogens with zero attached hydrogens (tertiary/aromatic N) is 2. The van der Waals surface area contributed by atoms with Gasteiger partial charge in [-0.3, -0.25) is 9.97 Å².